The molecule has 0 aliphatic heterocycles. The smallest absolute Gasteiger partial charge is 0.00823 e. The Hall–Kier alpha value is -0.980. The third-order valence-electron chi connectivity index (χ3n) is 0.949. The van der Waals surface area contributed by atoms with Gasteiger partial charge in [-0.3, -0.25) is 0 Å². The van der Waals surface area contributed by atoms with Crippen LogP contribution in [0.5, 0.6) is 0 Å². The first-order valence-electron chi connectivity index (χ1n) is 2.69. The molecule has 0 aliphatic carbocycles. The monoisotopic (exact) mass is 107 g/mol. The molecule has 0 radical (unpaired) electrons. The van der Waals surface area contributed by atoms with Gasteiger partial charge in [0.05, 0.1) is 0 Å². The van der Waals surface area contributed by atoms with Crippen molar-refractivity contribution in [1.29, 1.82) is 0 Å². The number of hydrogen-bond acceptors (Lipinski definition) is 0. The van der Waals surface area contributed by atoms with E-state index in [0.29, 0.717) is 0 Å². The van der Waals surface area contributed by atoms with Gasteiger partial charge >= 0.3 is 0 Å². The average molecular weight is 107 g/mol. The van der Waals surface area contributed by atoms with Crippen LogP contribution in [0.1, 0.15) is 6.92 Å². The van der Waals surface area contributed by atoms with Gasteiger partial charge in [-0.25, -0.2) is 0 Å². The van der Waals surface area contributed by atoms with Gasteiger partial charge in [0.1, 0.15) is 0 Å². The summed E-state index contributed by atoms with van der Waals surface area (Å²) < 4.78 is 2.00. The molecule has 1 aromatic rings. The quantitative estimate of drug-likeness (QED) is 0.517. The van der Waals surface area contributed by atoms with E-state index < -0.39 is 0 Å². The van der Waals surface area contributed by atoms with E-state index in [9.17, 15) is 0 Å². The molecular weight excluding hydrogens is 98.1 g/mol. The molecule has 0 fully saturated rings. The standard InChI is InChI=1S/C7H9N/c1-2-5-8-6-3-4-7-8/h2-7H,1H3/b5-2-. The second-order valence-corrected chi connectivity index (χ2v) is 1.61. The zero-order valence-electron chi connectivity index (χ0n) is 4.91. The van der Waals surface area contributed by atoms with Crippen molar-refractivity contribution in [3.63, 3.8) is 0 Å². The van der Waals surface area contributed by atoms with Crippen molar-refractivity contribution in [3.05, 3.63) is 30.6 Å². The van der Waals surface area contributed by atoms with E-state index in [0.717, 1.165) is 0 Å². The van der Waals surface area contributed by atoms with Crippen molar-refractivity contribution >= 4 is 6.20 Å². The molecule has 1 nitrogen and oxygen atoms in total. The van der Waals surface area contributed by atoms with E-state index in [2.05, 4.69) is 0 Å². The van der Waals surface area contributed by atoms with Crippen molar-refractivity contribution < 1.29 is 0 Å². The first-order valence-corrected chi connectivity index (χ1v) is 2.69. The summed E-state index contributed by atoms with van der Waals surface area (Å²) in [5.74, 6) is 0. The lowest BCUT2D eigenvalue weighted by Crippen LogP contribution is -1.74. The topological polar surface area (TPSA) is 4.93 Å². The highest BCUT2D eigenvalue weighted by Crippen LogP contribution is 1.88. The van der Waals surface area contributed by atoms with E-state index in [1.807, 2.05) is 48.3 Å². The minimum atomic E-state index is 2.00. The Balaban J connectivity index is 2.77. The maximum Gasteiger partial charge on any atom is 0.00823 e. The number of hydrogen-bond donors (Lipinski definition) is 0. The summed E-state index contributed by atoms with van der Waals surface area (Å²) in [7, 11) is 0. The minimum absolute atomic E-state index is 2.00. The Morgan fingerprint density at radius 1 is 1.25 bits per heavy atom. The molecule has 0 aromatic carbocycles. The highest BCUT2D eigenvalue weighted by atomic mass is 14.9. The summed E-state index contributed by atoms with van der Waals surface area (Å²) in [6.07, 6.45) is 8.00. The van der Waals surface area contributed by atoms with E-state index in [1.165, 1.54) is 0 Å². The maximum atomic E-state index is 2.00. The molecule has 1 aromatic heterocycles. The van der Waals surface area contributed by atoms with E-state index >= 15 is 0 Å². The van der Waals surface area contributed by atoms with Gasteiger partial charge in [-0.2, -0.15) is 0 Å². The van der Waals surface area contributed by atoms with Crippen LogP contribution in [-0.2, 0) is 0 Å². The first kappa shape index (κ1) is 5.16. The summed E-state index contributed by atoms with van der Waals surface area (Å²) in [4.78, 5) is 0. The number of allylic oxidation sites excluding steroid dienone is 1. The van der Waals surface area contributed by atoms with Crippen LogP contribution >= 0.6 is 0 Å². The average Bonchev–Trinajstić information content (AvgIpc) is 2.19. The summed E-state index contributed by atoms with van der Waals surface area (Å²) in [5.41, 5.74) is 0. The van der Waals surface area contributed by atoms with Crippen LogP contribution < -0.4 is 0 Å². The third kappa shape index (κ3) is 0.997. The number of rotatable bonds is 1. The molecule has 0 saturated heterocycles. The second-order valence-electron chi connectivity index (χ2n) is 1.61. The zero-order chi connectivity index (χ0) is 5.82. The lowest BCUT2D eigenvalue weighted by molar-refractivity contribution is 1.17. The van der Waals surface area contributed by atoms with Crippen LogP contribution in [0.3, 0.4) is 0 Å². The van der Waals surface area contributed by atoms with Crippen molar-refractivity contribution in [1.82, 2.24) is 4.57 Å². The van der Waals surface area contributed by atoms with Crippen LogP contribution in [0.4, 0.5) is 0 Å². The zero-order valence-corrected chi connectivity index (χ0v) is 4.91. The van der Waals surface area contributed by atoms with Crippen LogP contribution in [0.15, 0.2) is 30.6 Å². The van der Waals surface area contributed by atoms with Gasteiger partial charge in [0.15, 0.2) is 0 Å². The second kappa shape index (κ2) is 2.36. The fraction of sp³-hybridized carbons (Fsp3) is 0.143. The van der Waals surface area contributed by atoms with Gasteiger partial charge in [-0.05, 0) is 19.1 Å². The van der Waals surface area contributed by atoms with Crippen molar-refractivity contribution in [2.75, 3.05) is 0 Å². The lowest BCUT2D eigenvalue weighted by Gasteiger charge is -1.85. The SMILES string of the molecule is C/C=C\n1cccc1. The number of aromatic nitrogens is 1. The van der Waals surface area contributed by atoms with Gasteiger partial charge in [-0.15, -0.1) is 0 Å². The molecule has 1 rings (SSSR count). The molecule has 0 atom stereocenters. The molecule has 0 N–H and O–H groups in total. The molecular formula is C7H9N. The maximum absolute atomic E-state index is 2.00. The largest absolute Gasteiger partial charge is 0.331 e. The predicted octanol–water partition coefficient (Wildman–Crippen LogP) is 1.98. The van der Waals surface area contributed by atoms with E-state index in [1.54, 1.807) is 0 Å². The Morgan fingerprint density at radius 3 is 2.38 bits per heavy atom. The molecule has 0 saturated carbocycles. The van der Waals surface area contributed by atoms with Gasteiger partial charge < -0.3 is 4.57 Å². The summed E-state index contributed by atoms with van der Waals surface area (Å²) in [6, 6.07) is 4.00. The third-order valence-corrected chi connectivity index (χ3v) is 0.949. The fourth-order valence-electron chi connectivity index (χ4n) is 0.619. The molecule has 1 heteroatoms. The summed E-state index contributed by atoms with van der Waals surface area (Å²) >= 11 is 0. The minimum Gasteiger partial charge on any atom is -0.331 e. The summed E-state index contributed by atoms with van der Waals surface area (Å²) in [6.45, 7) is 2.00. The molecule has 0 unspecified atom stereocenters. The first-order chi connectivity index (χ1) is 3.93. The Labute approximate surface area is 49.3 Å². The molecule has 8 heavy (non-hydrogen) atoms. The van der Waals surface area contributed by atoms with Crippen LogP contribution in [0.25, 0.3) is 6.20 Å². The summed E-state index contributed by atoms with van der Waals surface area (Å²) in [5, 5.41) is 0. The number of nitrogens with zero attached hydrogens (tertiary/aromatic N) is 1. The Morgan fingerprint density at radius 2 is 1.88 bits per heavy atom. The van der Waals surface area contributed by atoms with Gasteiger partial charge in [0.2, 0.25) is 0 Å². The van der Waals surface area contributed by atoms with Crippen molar-refractivity contribution in [3.8, 4) is 0 Å². The van der Waals surface area contributed by atoms with Crippen LogP contribution in [0.2, 0.25) is 0 Å². The van der Waals surface area contributed by atoms with E-state index in [4.69, 9.17) is 0 Å². The molecule has 1 heterocycles. The molecule has 0 bridgehead atoms. The molecule has 0 aliphatic rings. The van der Waals surface area contributed by atoms with Crippen molar-refractivity contribution in [2.24, 2.45) is 0 Å². The van der Waals surface area contributed by atoms with Gasteiger partial charge in [-0.1, -0.05) is 6.08 Å². The lowest BCUT2D eigenvalue weighted by atomic mass is 10.7. The van der Waals surface area contributed by atoms with Gasteiger partial charge in [0, 0.05) is 18.6 Å². The molecule has 42 valence electrons. The van der Waals surface area contributed by atoms with Crippen LogP contribution in [0, 0.1) is 0 Å². The molecule has 0 amide bonds. The fourth-order valence-corrected chi connectivity index (χ4v) is 0.619. The highest BCUT2D eigenvalue weighted by molar-refractivity contribution is 5.21. The Bertz CT molecular complexity index is 161. The van der Waals surface area contributed by atoms with Crippen molar-refractivity contribution in [2.45, 2.75) is 6.92 Å². The predicted molar refractivity (Wildman–Crippen MR) is 35.4 cm³/mol. The van der Waals surface area contributed by atoms with Crippen LogP contribution in [-0.4, -0.2) is 4.57 Å². The highest BCUT2D eigenvalue weighted by Gasteiger charge is 1.73. The molecule has 0 spiro atoms. The van der Waals surface area contributed by atoms with Gasteiger partial charge in [0.25, 0.3) is 0 Å². The Kier molecular flexibility index (Phi) is 1.52. The normalized spacial score (nSPS) is 10.6. The van der Waals surface area contributed by atoms with E-state index in [-0.39, 0.29) is 0 Å².